The highest BCUT2D eigenvalue weighted by atomic mass is 127. The molecule has 0 heterocycles. The molecule has 2 nitrogen and oxygen atoms in total. The summed E-state index contributed by atoms with van der Waals surface area (Å²) in [6.07, 6.45) is 0. The van der Waals surface area contributed by atoms with E-state index in [1.165, 1.54) is 11.9 Å². The predicted octanol–water partition coefficient (Wildman–Crippen LogP) is 1.53. The molecular formula is C2H6INOS. The predicted molar refractivity (Wildman–Crippen MR) is 36.4 cm³/mol. The molecule has 0 aliphatic heterocycles. The standard InChI is InChI=1S/C2H6INOS/c1-2-6-4-5-3/h4H,2H2,1H3. The molecule has 0 radical (unpaired) electrons. The zero-order valence-electron chi connectivity index (χ0n) is 3.40. The van der Waals surface area contributed by atoms with Crippen LogP contribution in [0.25, 0.3) is 0 Å². The smallest absolute Gasteiger partial charge is 0.138 e. The van der Waals surface area contributed by atoms with Gasteiger partial charge in [-0.1, -0.05) is 18.9 Å². The number of rotatable bonds is 3. The first kappa shape index (κ1) is 7.00. The topological polar surface area (TPSA) is 21.3 Å². The molecule has 4 heteroatoms. The molecule has 0 aliphatic rings. The third-order valence-electron chi connectivity index (χ3n) is 0.235. The van der Waals surface area contributed by atoms with Crippen molar-refractivity contribution in [3.05, 3.63) is 0 Å². The summed E-state index contributed by atoms with van der Waals surface area (Å²) < 4.78 is 4.47. The summed E-state index contributed by atoms with van der Waals surface area (Å²) in [5, 5.41) is 0. The van der Waals surface area contributed by atoms with Crippen LogP contribution in [0.15, 0.2) is 0 Å². The fourth-order valence-corrected chi connectivity index (χ4v) is 0.625. The van der Waals surface area contributed by atoms with Gasteiger partial charge in [0.2, 0.25) is 0 Å². The van der Waals surface area contributed by atoms with Crippen LogP contribution in [-0.2, 0) is 3.17 Å². The Hall–Kier alpha value is 1.00. The minimum atomic E-state index is 1.03. The maximum absolute atomic E-state index is 4.47. The molecule has 0 fully saturated rings. The Balaban J connectivity index is 2.34. The molecule has 1 N–H and O–H groups in total. The Morgan fingerprint density at radius 2 is 2.67 bits per heavy atom. The van der Waals surface area contributed by atoms with E-state index in [1.807, 2.05) is 6.92 Å². The molecule has 6 heavy (non-hydrogen) atoms. The van der Waals surface area contributed by atoms with E-state index in [0.29, 0.717) is 0 Å². The van der Waals surface area contributed by atoms with Gasteiger partial charge in [0.05, 0.1) is 0 Å². The van der Waals surface area contributed by atoms with Crippen molar-refractivity contribution in [2.75, 3.05) is 5.75 Å². The molecule has 0 amide bonds. The van der Waals surface area contributed by atoms with Crippen LogP contribution >= 0.6 is 35.0 Å². The van der Waals surface area contributed by atoms with Crippen LogP contribution in [0.1, 0.15) is 6.92 Å². The molecule has 0 aliphatic carbocycles. The summed E-state index contributed by atoms with van der Waals surface area (Å²) in [5.41, 5.74) is 0. The Kier molecular flexibility index (Phi) is 7.00. The third-order valence-corrected chi connectivity index (χ3v) is 1.24. The summed E-state index contributed by atoms with van der Waals surface area (Å²) in [6.45, 7) is 2.05. The lowest BCUT2D eigenvalue weighted by atomic mass is 11.0. The average molecular weight is 219 g/mol. The van der Waals surface area contributed by atoms with Crippen LogP contribution in [0.3, 0.4) is 0 Å². The maximum atomic E-state index is 4.47. The fourth-order valence-electron chi connectivity index (χ4n) is 0.0812. The Morgan fingerprint density at radius 3 is 2.83 bits per heavy atom. The minimum Gasteiger partial charge on any atom is -0.222 e. The van der Waals surface area contributed by atoms with Crippen molar-refractivity contribution in [2.24, 2.45) is 0 Å². The molecule has 0 bridgehead atoms. The minimum absolute atomic E-state index is 1.03. The lowest BCUT2D eigenvalue weighted by Crippen LogP contribution is -1.93. The second-order valence-electron chi connectivity index (χ2n) is 0.593. The fraction of sp³-hybridized carbons (Fsp3) is 1.00. The lowest BCUT2D eigenvalue weighted by molar-refractivity contribution is 0.397. The van der Waals surface area contributed by atoms with Crippen LogP contribution in [0.2, 0.25) is 0 Å². The van der Waals surface area contributed by atoms with Gasteiger partial charge in [-0.2, -0.15) is 0 Å². The normalized spacial score (nSPS) is 9.00. The van der Waals surface area contributed by atoms with E-state index in [0.717, 1.165) is 5.75 Å². The third kappa shape index (κ3) is 5.00. The molecule has 0 atom stereocenters. The van der Waals surface area contributed by atoms with Crippen molar-refractivity contribution in [3.8, 4) is 0 Å². The summed E-state index contributed by atoms with van der Waals surface area (Å²) in [5.74, 6) is 1.03. The highest BCUT2D eigenvalue weighted by Gasteiger charge is 1.73. The zero-order chi connectivity index (χ0) is 4.83. The van der Waals surface area contributed by atoms with E-state index in [1.54, 1.807) is 23.0 Å². The van der Waals surface area contributed by atoms with Gasteiger partial charge in [0.1, 0.15) is 23.0 Å². The van der Waals surface area contributed by atoms with Gasteiger partial charge in [-0.25, -0.2) is 3.17 Å². The van der Waals surface area contributed by atoms with Crippen molar-refractivity contribution in [1.82, 2.24) is 4.89 Å². The molecule has 0 saturated heterocycles. The summed E-state index contributed by atoms with van der Waals surface area (Å²) in [6, 6.07) is 0. The van der Waals surface area contributed by atoms with E-state index >= 15 is 0 Å². The van der Waals surface area contributed by atoms with Gasteiger partial charge in [-0.15, -0.1) is 4.89 Å². The van der Waals surface area contributed by atoms with Gasteiger partial charge < -0.3 is 0 Å². The van der Waals surface area contributed by atoms with E-state index in [2.05, 4.69) is 8.05 Å². The van der Waals surface area contributed by atoms with Crippen molar-refractivity contribution in [3.63, 3.8) is 0 Å². The molecule has 0 rings (SSSR count). The Morgan fingerprint density at radius 1 is 2.00 bits per heavy atom. The Bertz CT molecular complexity index is 25.5. The van der Waals surface area contributed by atoms with Gasteiger partial charge in [-0.3, -0.25) is 0 Å². The highest BCUT2D eigenvalue weighted by Crippen LogP contribution is 1.91. The molecule has 38 valence electrons. The second-order valence-corrected chi connectivity index (χ2v) is 2.07. The van der Waals surface area contributed by atoms with Crippen LogP contribution in [0.5, 0.6) is 0 Å². The maximum Gasteiger partial charge on any atom is 0.138 e. The van der Waals surface area contributed by atoms with Crippen molar-refractivity contribution >= 4 is 35.0 Å². The van der Waals surface area contributed by atoms with Crippen LogP contribution in [0.4, 0.5) is 0 Å². The van der Waals surface area contributed by atoms with Gasteiger partial charge in [-0.05, 0) is 0 Å². The van der Waals surface area contributed by atoms with Gasteiger partial charge in [0, 0.05) is 5.75 Å². The van der Waals surface area contributed by atoms with Crippen molar-refractivity contribution < 1.29 is 3.17 Å². The van der Waals surface area contributed by atoms with E-state index in [-0.39, 0.29) is 0 Å². The molecule has 0 saturated carbocycles. The molecule has 0 aromatic carbocycles. The highest BCUT2D eigenvalue weighted by molar-refractivity contribution is 14.1. The monoisotopic (exact) mass is 219 g/mol. The Labute approximate surface area is 55.8 Å². The number of nitrogens with one attached hydrogen (secondary N) is 1. The van der Waals surface area contributed by atoms with Crippen LogP contribution in [-0.4, -0.2) is 5.75 Å². The van der Waals surface area contributed by atoms with Gasteiger partial charge in [0.15, 0.2) is 0 Å². The number of hydrogen-bond donors (Lipinski definition) is 1. The average Bonchev–Trinajstić information content (AvgIpc) is 1.61. The first-order chi connectivity index (χ1) is 2.91. The van der Waals surface area contributed by atoms with E-state index < -0.39 is 0 Å². The van der Waals surface area contributed by atoms with Gasteiger partial charge in [0.25, 0.3) is 0 Å². The van der Waals surface area contributed by atoms with Gasteiger partial charge >= 0.3 is 0 Å². The van der Waals surface area contributed by atoms with Crippen LogP contribution in [0, 0.1) is 0 Å². The second kappa shape index (κ2) is 6.00. The number of halogens is 1. The van der Waals surface area contributed by atoms with Crippen LogP contribution < -0.4 is 4.89 Å². The van der Waals surface area contributed by atoms with Crippen molar-refractivity contribution in [1.29, 1.82) is 0 Å². The molecule has 0 aromatic rings. The molecule has 0 unspecified atom stereocenters. The SMILES string of the molecule is CCSNOI. The summed E-state index contributed by atoms with van der Waals surface area (Å²) in [4.78, 5) is 2.60. The lowest BCUT2D eigenvalue weighted by Gasteiger charge is -1.89. The molecule has 0 aromatic heterocycles. The van der Waals surface area contributed by atoms with E-state index in [9.17, 15) is 0 Å². The first-order valence-corrected chi connectivity index (χ1v) is 3.42. The number of hydrogen-bond acceptors (Lipinski definition) is 3. The largest absolute Gasteiger partial charge is 0.222 e. The first-order valence-electron chi connectivity index (χ1n) is 1.56. The summed E-state index contributed by atoms with van der Waals surface area (Å²) in [7, 11) is 0. The summed E-state index contributed by atoms with van der Waals surface area (Å²) >= 11 is 3.31. The quantitative estimate of drug-likeness (QED) is 0.336. The molecule has 0 spiro atoms. The van der Waals surface area contributed by atoms with Crippen molar-refractivity contribution in [2.45, 2.75) is 6.92 Å². The van der Waals surface area contributed by atoms with E-state index in [4.69, 9.17) is 0 Å². The molecular weight excluding hydrogens is 213 g/mol. The zero-order valence-corrected chi connectivity index (χ0v) is 6.38.